The van der Waals surface area contributed by atoms with Gasteiger partial charge in [0, 0.05) is 11.8 Å². The molecule has 0 aliphatic carbocycles. The Bertz CT molecular complexity index is 339. The van der Waals surface area contributed by atoms with Gasteiger partial charge in [0.15, 0.2) is 0 Å². The van der Waals surface area contributed by atoms with E-state index in [1.54, 1.807) is 18.5 Å². The molecule has 0 saturated carbocycles. The molecule has 1 aromatic rings. The van der Waals surface area contributed by atoms with Gasteiger partial charge in [-0.1, -0.05) is 0 Å². The molecule has 0 fully saturated rings. The number of carbonyl (C=O) groups excluding carboxylic acids is 1. The smallest absolute Gasteiger partial charge is 0.239 e. The van der Waals surface area contributed by atoms with E-state index in [4.69, 9.17) is 5.73 Å². The maximum absolute atomic E-state index is 11.0. The number of carbonyl (C=O) groups is 1. The van der Waals surface area contributed by atoms with Crippen LogP contribution in [-0.2, 0) is 4.79 Å². The van der Waals surface area contributed by atoms with Gasteiger partial charge in [-0.2, -0.15) is 0 Å². The monoisotopic (exact) mass is 178 g/mol. The van der Waals surface area contributed by atoms with Crippen molar-refractivity contribution in [1.29, 1.82) is 0 Å². The normalized spacial score (nSPS) is 20.2. The number of fused-ring (bicyclic) bond motifs is 1. The van der Waals surface area contributed by atoms with E-state index >= 15 is 0 Å². The summed E-state index contributed by atoms with van der Waals surface area (Å²) in [5, 5.41) is 6.03. The second kappa shape index (κ2) is 3.02. The summed E-state index contributed by atoms with van der Waals surface area (Å²) in [5.41, 5.74) is 6.95. The Morgan fingerprint density at radius 1 is 1.69 bits per heavy atom. The highest BCUT2D eigenvalue weighted by Crippen LogP contribution is 2.23. The number of aromatic nitrogens is 1. The van der Waals surface area contributed by atoms with Crippen molar-refractivity contribution in [3.05, 3.63) is 24.0 Å². The quantitative estimate of drug-likeness (QED) is 0.545. The summed E-state index contributed by atoms with van der Waals surface area (Å²) in [5.74, 6) is -0.367. The lowest BCUT2D eigenvalue weighted by Crippen LogP contribution is -2.40. The number of amides is 1. The zero-order chi connectivity index (χ0) is 9.26. The van der Waals surface area contributed by atoms with Crippen LogP contribution >= 0.6 is 0 Å². The van der Waals surface area contributed by atoms with E-state index in [-0.39, 0.29) is 5.91 Å². The van der Waals surface area contributed by atoms with Gasteiger partial charge in [-0.05, 0) is 6.07 Å². The molecule has 1 atom stereocenters. The number of hydrogen-bond donors (Lipinski definition) is 3. The van der Waals surface area contributed by atoms with Crippen LogP contribution in [-0.4, -0.2) is 17.6 Å². The third-order valence-corrected chi connectivity index (χ3v) is 2.04. The van der Waals surface area contributed by atoms with E-state index in [9.17, 15) is 4.79 Å². The molecule has 1 aliphatic heterocycles. The largest absolute Gasteiger partial charge is 0.371 e. The number of rotatable bonds is 1. The Morgan fingerprint density at radius 2 is 2.54 bits per heavy atom. The van der Waals surface area contributed by atoms with Gasteiger partial charge < -0.3 is 11.1 Å². The number of nitrogens with two attached hydrogens (primary N) is 1. The number of primary amides is 1. The summed E-state index contributed by atoms with van der Waals surface area (Å²) in [4.78, 5) is 15.0. The van der Waals surface area contributed by atoms with Crippen molar-refractivity contribution in [2.24, 2.45) is 5.73 Å². The van der Waals surface area contributed by atoms with Gasteiger partial charge in [-0.25, -0.2) is 0 Å². The highest BCUT2D eigenvalue weighted by molar-refractivity contribution is 5.84. The molecule has 4 N–H and O–H groups in total. The number of anilines is 1. The minimum atomic E-state index is -0.403. The molecule has 13 heavy (non-hydrogen) atoms. The van der Waals surface area contributed by atoms with Gasteiger partial charge in [-0.15, -0.1) is 0 Å². The molecule has 68 valence electrons. The zero-order valence-corrected chi connectivity index (χ0v) is 6.95. The van der Waals surface area contributed by atoms with Gasteiger partial charge in [0.25, 0.3) is 0 Å². The van der Waals surface area contributed by atoms with Crippen molar-refractivity contribution in [3.8, 4) is 0 Å². The van der Waals surface area contributed by atoms with Gasteiger partial charge in [0.1, 0.15) is 6.04 Å². The van der Waals surface area contributed by atoms with Crippen molar-refractivity contribution in [1.82, 2.24) is 10.3 Å². The molecule has 1 unspecified atom stereocenters. The number of pyridine rings is 1. The van der Waals surface area contributed by atoms with Gasteiger partial charge >= 0.3 is 0 Å². The number of nitrogens with one attached hydrogen (secondary N) is 2. The predicted molar refractivity (Wildman–Crippen MR) is 47.8 cm³/mol. The van der Waals surface area contributed by atoms with Crippen molar-refractivity contribution in [2.45, 2.75) is 6.04 Å². The lowest BCUT2D eigenvalue weighted by Gasteiger charge is -2.25. The average Bonchev–Trinajstić information content (AvgIpc) is 2.17. The molecule has 1 amide bonds. The first-order valence-electron chi connectivity index (χ1n) is 3.99. The molecule has 2 heterocycles. The lowest BCUT2D eigenvalue weighted by molar-refractivity contribution is -0.120. The molecule has 2 rings (SSSR count). The van der Waals surface area contributed by atoms with Crippen molar-refractivity contribution < 1.29 is 4.79 Å². The van der Waals surface area contributed by atoms with Crippen LogP contribution in [0.5, 0.6) is 0 Å². The first-order chi connectivity index (χ1) is 6.29. The van der Waals surface area contributed by atoms with Crippen LogP contribution in [0.15, 0.2) is 18.5 Å². The molecular formula is C8H10N4O. The van der Waals surface area contributed by atoms with E-state index in [1.807, 2.05) is 0 Å². The average molecular weight is 178 g/mol. The highest BCUT2D eigenvalue weighted by atomic mass is 16.1. The Kier molecular flexibility index (Phi) is 1.86. The third kappa shape index (κ3) is 1.33. The fourth-order valence-electron chi connectivity index (χ4n) is 1.42. The van der Waals surface area contributed by atoms with Crippen LogP contribution in [0.1, 0.15) is 11.6 Å². The van der Waals surface area contributed by atoms with Gasteiger partial charge in [0.2, 0.25) is 5.91 Å². The summed E-state index contributed by atoms with van der Waals surface area (Å²) in [6.07, 6.45) is 3.33. The molecule has 0 aromatic carbocycles. The molecule has 1 aromatic heterocycles. The Morgan fingerprint density at radius 3 is 3.31 bits per heavy atom. The predicted octanol–water partition coefficient (Wildman–Crippen LogP) is -0.419. The summed E-state index contributed by atoms with van der Waals surface area (Å²) in [6, 6.07) is 1.38. The van der Waals surface area contributed by atoms with Crippen LogP contribution in [0.3, 0.4) is 0 Å². The molecule has 0 saturated heterocycles. The Hall–Kier alpha value is -1.62. The maximum atomic E-state index is 11.0. The molecule has 5 heteroatoms. The van der Waals surface area contributed by atoms with Crippen LogP contribution in [0.25, 0.3) is 0 Å². The van der Waals surface area contributed by atoms with Crippen molar-refractivity contribution >= 4 is 11.6 Å². The first-order valence-corrected chi connectivity index (χ1v) is 3.99. The Balaban J connectivity index is 2.42. The van der Waals surface area contributed by atoms with Gasteiger partial charge in [-0.3, -0.25) is 15.1 Å². The topological polar surface area (TPSA) is 80.0 Å². The molecular weight excluding hydrogens is 168 g/mol. The fraction of sp³-hybridized carbons (Fsp3) is 0.250. The van der Waals surface area contributed by atoms with E-state index in [0.717, 1.165) is 11.3 Å². The number of hydrogen-bond acceptors (Lipinski definition) is 4. The summed E-state index contributed by atoms with van der Waals surface area (Å²) < 4.78 is 0. The molecule has 5 nitrogen and oxygen atoms in total. The minimum Gasteiger partial charge on any atom is -0.371 e. The highest BCUT2D eigenvalue weighted by Gasteiger charge is 2.23. The SMILES string of the molecule is NC(=O)C1NCNc2cnccc21. The molecule has 1 aliphatic rings. The fourth-order valence-corrected chi connectivity index (χ4v) is 1.42. The van der Waals surface area contributed by atoms with E-state index < -0.39 is 6.04 Å². The van der Waals surface area contributed by atoms with Gasteiger partial charge in [0.05, 0.1) is 18.6 Å². The second-order valence-corrected chi connectivity index (χ2v) is 2.86. The van der Waals surface area contributed by atoms with Crippen molar-refractivity contribution in [3.63, 3.8) is 0 Å². The third-order valence-electron chi connectivity index (χ3n) is 2.04. The summed E-state index contributed by atoms with van der Waals surface area (Å²) in [6.45, 7) is 0.534. The maximum Gasteiger partial charge on any atom is 0.239 e. The van der Waals surface area contributed by atoms with Crippen LogP contribution in [0.4, 0.5) is 5.69 Å². The lowest BCUT2D eigenvalue weighted by atomic mass is 10.0. The summed E-state index contributed by atoms with van der Waals surface area (Å²) in [7, 11) is 0. The molecule has 0 bridgehead atoms. The molecule has 0 radical (unpaired) electrons. The van der Waals surface area contributed by atoms with E-state index in [0.29, 0.717) is 6.67 Å². The number of nitrogens with zero attached hydrogens (tertiary/aromatic N) is 1. The zero-order valence-electron chi connectivity index (χ0n) is 6.95. The van der Waals surface area contributed by atoms with Crippen molar-refractivity contribution in [2.75, 3.05) is 12.0 Å². The van der Waals surface area contributed by atoms with E-state index in [2.05, 4.69) is 15.6 Å². The van der Waals surface area contributed by atoms with Crippen LogP contribution < -0.4 is 16.4 Å². The standard InChI is InChI=1S/C8H10N4O/c9-8(13)7-5-1-2-10-3-6(5)11-4-12-7/h1-3,7,11-12H,4H2,(H2,9,13). The Labute approximate surface area is 75.3 Å². The van der Waals surface area contributed by atoms with Crippen LogP contribution in [0, 0.1) is 0 Å². The van der Waals surface area contributed by atoms with Crippen LogP contribution in [0.2, 0.25) is 0 Å². The molecule has 0 spiro atoms. The first kappa shape index (κ1) is 8.00. The van der Waals surface area contributed by atoms with E-state index in [1.165, 1.54) is 0 Å². The minimum absolute atomic E-state index is 0.367. The summed E-state index contributed by atoms with van der Waals surface area (Å²) >= 11 is 0. The second-order valence-electron chi connectivity index (χ2n) is 2.86.